The maximum Gasteiger partial charge on any atom is 0.135 e. The smallest absolute Gasteiger partial charge is 0.135 e. The molecule has 0 amide bonds. The Morgan fingerprint density at radius 1 is 1.24 bits per heavy atom. The molecule has 0 spiro atoms. The SMILES string of the molecule is O=C1CCN2C[C@H](c3ccc(F)cc3)C[C@@H]2C1. The fourth-order valence-electron chi connectivity index (χ4n) is 3.08. The third-order valence-electron chi connectivity index (χ3n) is 4.01. The number of hydrogen-bond acceptors (Lipinski definition) is 2. The Bertz CT molecular complexity index is 428. The first kappa shape index (κ1) is 10.9. The molecule has 2 aliphatic rings. The zero-order valence-electron chi connectivity index (χ0n) is 9.73. The molecule has 2 heterocycles. The van der Waals surface area contributed by atoms with Gasteiger partial charge in [0.05, 0.1) is 0 Å². The summed E-state index contributed by atoms with van der Waals surface area (Å²) in [6.45, 7) is 1.92. The van der Waals surface area contributed by atoms with Crippen LogP contribution in [0.4, 0.5) is 4.39 Å². The number of piperidine rings is 1. The van der Waals surface area contributed by atoms with Gasteiger partial charge in [0.1, 0.15) is 11.6 Å². The van der Waals surface area contributed by atoms with Crippen molar-refractivity contribution in [1.82, 2.24) is 4.90 Å². The Hall–Kier alpha value is -1.22. The molecule has 2 saturated heterocycles. The minimum absolute atomic E-state index is 0.181. The van der Waals surface area contributed by atoms with Crippen molar-refractivity contribution in [1.29, 1.82) is 0 Å². The Morgan fingerprint density at radius 3 is 2.76 bits per heavy atom. The van der Waals surface area contributed by atoms with Crippen molar-refractivity contribution in [3.05, 3.63) is 35.6 Å². The Balaban J connectivity index is 1.75. The molecule has 0 radical (unpaired) electrons. The molecule has 0 saturated carbocycles. The lowest BCUT2D eigenvalue weighted by Gasteiger charge is -2.27. The number of fused-ring (bicyclic) bond motifs is 1. The molecule has 0 N–H and O–H groups in total. The van der Waals surface area contributed by atoms with Gasteiger partial charge in [0, 0.05) is 32.0 Å². The second kappa shape index (κ2) is 4.22. The summed E-state index contributed by atoms with van der Waals surface area (Å²) in [5, 5.41) is 0. The highest BCUT2D eigenvalue weighted by molar-refractivity contribution is 5.80. The lowest BCUT2D eigenvalue weighted by Crippen LogP contribution is -2.38. The first-order valence-electron chi connectivity index (χ1n) is 6.23. The van der Waals surface area contributed by atoms with E-state index in [0.29, 0.717) is 30.6 Å². The summed E-state index contributed by atoms with van der Waals surface area (Å²) in [5.74, 6) is 0.678. The summed E-state index contributed by atoms with van der Waals surface area (Å²) in [7, 11) is 0. The predicted molar refractivity (Wildman–Crippen MR) is 63.4 cm³/mol. The summed E-state index contributed by atoms with van der Waals surface area (Å²) >= 11 is 0. The van der Waals surface area contributed by atoms with Gasteiger partial charge in [-0.3, -0.25) is 9.69 Å². The van der Waals surface area contributed by atoms with Crippen LogP contribution in [0, 0.1) is 5.82 Å². The van der Waals surface area contributed by atoms with Crippen LogP contribution in [-0.2, 0) is 4.79 Å². The number of Topliss-reactive ketones (excluding diaryl/α,β-unsaturated/α-hetero) is 1. The average Bonchev–Trinajstić information content (AvgIpc) is 2.72. The van der Waals surface area contributed by atoms with E-state index < -0.39 is 0 Å². The molecule has 17 heavy (non-hydrogen) atoms. The maximum absolute atomic E-state index is 12.9. The molecule has 1 aromatic carbocycles. The zero-order chi connectivity index (χ0) is 11.8. The van der Waals surface area contributed by atoms with Gasteiger partial charge in [0.15, 0.2) is 0 Å². The Labute approximate surface area is 100 Å². The lowest BCUT2D eigenvalue weighted by atomic mass is 9.94. The molecule has 1 aromatic rings. The van der Waals surface area contributed by atoms with Gasteiger partial charge in [0.2, 0.25) is 0 Å². The van der Waals surface area contributed by atoms with Crippen LogP contribution in [0.1, 0.15) is 30.7 Å². The van der Waals surface area contributed by atoms with E-state index in [4.69, 9.17) is 0 Å². The molecule has 2 atom stereocenters. The van der Waals surface area contributed by atoms with Crippen LogP contribution in [0.2, 0.25) is 0 Å². The first-order chi connectivity index (χ1) is 8.22. The van der Waals surface area contributed by atoms with E-state index in [-0.39, 0.29) is 5.82 Å². The van der Waals surface area contributed by atoms with Crippen LogP contribution < -0.4 is 0 Å². The van der Waals surface area contributed by atoms with Crippen LogP contribution >= 0.6 is 0 Å². The van der Waals surface area contributed by atoms with Gasteiger partial charge < -0.3 is 0 Å². The van der Waals surface area contributed by atoms with Crippen molar-refractivity contribution in [3.63, 3.8) is 0 Å². The number of rotatable bonds is 1. The summed E-state index contributed by atoms with van der Waals surface area (Å²) in [6.07, 6.45) is 2.45. The molecular formula is C14H16FNO. The van der Waals surface area contributed by atoms with Gasteiger partial charge in [-0.25, -0.2) is 4.39 Å². The minimum Gasteiger partial charge on any atom is -0.300 e. The molecule has 3 heteroatoms. The molecule has 0 unspecified atom stereocenters. The summed E-state index contributed by atoms with van der Waals surface area (Å²) in [5.41, 5.74) is 1.20. The normalized spacial score (nSPS) is 29.4. The van der Waals surface area contributed by atoms with E-state index in [9.17, 15) is 9.18 Å². The highest BCUT2D eigenvalue weighted by atomic mass is 19.1. The second-order valence-corrected chi connectivity index (χ2v) is 5.13. The molecule has 2 fully saturated rings. The number of nitrogens with zero attached hydrogens (tertiary/aromatic N) is 1. The highest BCUT2D eigenvalue weighted by Crippen LogP contribution is 2.35. The number of benzene rings is 1. The van der Waals surface area contributed by atoms with Gasteiger partial charge >= 0.3 is 0 Å². The molecule has 0 bridgehead atoms. The molecule has 90 valence electrons. The summed E-state index contributed by atoms with van der Waals surface area (Å²) in [4.78, 5) is 13.8. The number of halogens is 1. The van der Waals surface area contributed by atoms with E-state index >= 15 is 0 Å². The van der Waals surface area contributed by atoms with Crippen molar-refractivity contribution in [2.45, 2.75) is 31.2 Å². The number of hydrogen-bond donors (Lipinski definition) is 0. The monoisotopic (exact) mass is 233 g/mol. The molecule has 2 nitrogen and oxygen atoms in total. The number of carbonyl (C=O) groups excluding carboxylic acids is 1. The predicted octanol–water partition coefficient (Wildman–Crippen LogP) is 2.35. The summed E-state index contributed by atoms with van der Waals surface area (Å²) in [6, 6.07) is 7.22. The summed E-state index contributed by atoms with van der Waals surface area (Å²) < 4.78 is 12.9. The van der Waals surface area contributed by atoms with Crippen LogP contribution in [-0.4, -0.2) is 29.8 Å². The quantitative estimate of drug-likeness (QED) is 0.742. The number of carbonyl (C=O) groups is 1. The van der Waals surface area contributed by atoms with Crippen LogP contribution in [0.25, 0.3) is 0 Å². The second-order valence-electron chi connectivity index (χ2n) is 5.13. The maximum atomic E-state index is 12.9. The Morgan fingerprint density at radius 2 is 2.00 bits per heavy atom. The molecule has 2 aliphatic heterocycles. The standard InChI is InChI=1S/C14H16FNO/c15-12-3-1-10(2-4-12)11-7-13-8-14(17)5-6-16(13)9-11/h1-4,11,13H,5-9H2/t11-,13-/m1/s1. The van der Waals surface area contributed by atoms with Gasteiger partial charge in [-0.2, -0.15) is 0 Å². The van der Waals surface area contributed by atoms with Crippen LogP contribution in [0.3, 0.4) is 0 Å². The third kappa shape index (κ3) is 2.12. The van der Waals surface area contributed by atoms with Crippen LogP contribution in [0.15, 0.2) is 24.3 Å². The highest BCUT2D eigenvalue weighted by Gasteiger charge is 2.36. The molecule has 0 aliphatic carbocycles. The minimum atomic E-state index is -0.181. The lowest BCUT2D eigenvalue weighted by molar-refractivity contribution is -0.122. The Kier molecular flexibility index (Phi) is 2.71. The van der Waals surface area contributed by atoms with E-state index in [2.05, 4.69) is 4.90 Å². The molecular weight excluding hydrogens is 217 g/mol. The third-order valence-corrected chi connectivity index (χ3v) is 4.01. The van der Waals surface area contributed by atoms with Gasteiger partial charge in [-0.15, -0.1) is 0 Å². The fraction of sp³-hybridized carbons (Fsp3) is 0.500. The van der Waals surface area contributed by atoms with Gasteiger partial charge in [-0.1, -0.05) is 12.1 Å². The topological polar surface area (TPSA) is 20.3 Å². The van der Waals surface area contributed by atoms with Crippen molar-refractivity contribution in [3.8, 4) is 0 Å². The van der Waals surface area contributed by atoms with Crippen molar-refractivity contribution in [2.75, 3.05) is 13.1 Å². The van der Waals surface area contributed by atoms with E-state index in [1.807, 2.05) is 12.1 Å². The first-order valence-corrected chi connectivity index (χ1v) is 6.23. The number of ketones is 1. The molecule has 0 aromatic heterocycles. The van der Waals surface area contributed by atoms with Crippen molar-refractivity contribution >= 4 is 5.78 Å². The van der Waals surface area contributed by atoms with Gasteiger partial charge in [0.25, 0.3) is 0 Å². The average molecular weight is 233 g/mol. The van der Waals surface area contributed by atoms with Crippen LogP contribution in [0.5, 0.6) is 0 Å². The van der Waals surface area contributed by atoms with Gasteiger partial charge in [-0.05, 0) is 30.0 Å². The van der Waals surface area contributed by atoms with Crippen molar-refractivity contribution < 1.29 is 9.18 Å². The largest absolute Gasteiger partial charge is 0.300 e. The molecule has 3 rings (SSSR count). The van der Waals surface area contributed by atoms with E-state index in [1.54, 1.807) is 0 Å². The zero-order valence-corrected chi connectivity index (χ0v) is 9.73. The van der Waals surface area contributed by atoms with E-state index in [1.165, 1.54) is 17.7 Å². The van der Waals surface area contributed by atoms with Crippen molar-refractivity contribution in [2.24, 2.45) is 0 Å². The fourth-order valence-corrected chi connectivity index (χ4v) is 3.08. The van der Waals surface area contributed by atoms with E-state index in [0.717, 1.165) is 19.5 Å².